The summed E-state index contributed by atoms with van der Waals surface area (Å²) in [5, 5.41) is 4.74. The maximum Gasteiger partial charge on any atom is 0.279 e. The summed E-state index contributed by atoms with van der Waals surface area (Å²) in [6.07, 6.45) is 2.70. The number of carbonyl (C=O) groups excluding carboxylic acids is 1. The molecule has 1 aliphatic rings. The molecule has 0 radical (unpaired) electrons. The zero-order valence-electron chi connectivity index (χ0n) is 15.3. The predicted molar refractivity (Wildman–Crippen MR) is 105 cm³/mol. The van der Waals surface area contributed by atoms with Crippen LogP contribution in [0.15, 0.2) is 59.5 Å². The fourth-order valence-corrected chi connectivity index (χ4v) is 4.73. The zero-order valence-corrected chi connectivity index (χ0v) is 16.1. The van der Waals surface area contributed by atoms with E-state index in [1.807, 2.05) is 23.5 Å². The lowest BCUT2D eigenvalue weighted by atomic mass is 10.1. The van der Waals surface area contributed by atoms with E-state index in [0.717, 1.165) is 25.8 Å². The lowest BCUT2D eigenvalue weighted by molar-refractivity contribution is -0.643. The standard InChI is InChI=1S/C20H25N3O3S/c24-20(16-21-12-11-17-7-2-1-3-8-17)22-18-9-6-10-19(15-18)27(25,26)23-13-4-5-14-23/h1-3,6-10,15,21H,4-5,11-14,16H2,(H,22,24)/p+1. The van der Waals surface area contributed by atoms with Gasteiger partial charge in [-0.15, -0.1) is 0 Å². The van der Waals surface area contributed by atoms with Gasteiger partial charge in [0.25, 0.3) is 5.91 Å². The number of hydrogen-bond acceptors (Lipinski definition) is 3. The summed E-state index contributed by atoms with van der Waals surface area (Å²) in [5.41, 5.74) is 1.76. The van der Waals surface area contributed by atoms with Crippen LogP contribution in [0.25, 0.3) is 0 Å². The van der Waals surface area contributed by atoms with Crippen molar-refractivity contribution < 1.29 is 18.5 Å². The van der Waals surface area contributed by atoms with Crippen LogP contribution >= 0.6 is 0 Å². The zero-order chi connectivity index (χ0) is 19.1. The van der Waals surface area contributed by atoms with Crippen LogP contribution in [0.2, 0.25) is 0 Å². The number of sulfonamides is 1. The van der Waals surface area contributed by atoms with Gasteiger partial charge < -0.3 is 10.6 Å². The maximum atomic E-state index is 12.6. The number of quaternary nitrogens is 1. The van der Waals surface area contributed by atoms with Crippen LogP contribution in [0.1, 0.15) is 18.4 Å². The predicted octanol–water partition coefficient (Wildman–Crippen LogP) is 1.22. The Morgan fingerprint density at radius 2 is 1.78 bits per heavy atom. The van der Waals surface area contributed by atoms with Gasteiger partial charge >= 0.3 is 0 Å². The molecular formula is C20H26N3O3S+. The molecule has 3 N–H and O–H groups in total. The van der Waals surface area contributed by atoms with E-state index in [1.165, 1.54) is 15.9 Å². The van der Waals surface area contributed by atoms with Crippen molar-refractivity contribution in [1.29, 1.82) is 0 Å². The van der Waals surface area contributed by atoms with Crippen molar-refractivity contribution in [1.82, 2.24) is 4.31 Å². The van der Waals surface area contributed by atoms with Crippen molar-refractivity contribution in [2.24, 2.45) is 0 Å². The first-order valence-corrected chi connectivity index (χ1v) is 10.8. The first-order valence-electron chi connectivity index (χ1n) is 9.31. The van der Waals surface area contributed by atoms with E-state index in [1.54, 1.807) is 18.2 Å². The fraction of sp³-hybridized carbons (Fsp3) is 0.350. The third-order valence-corrected chi connectivity index (χ3v) is 6.52. The SMILES string of the molecule is O=C(C[NH2+]CCc1ccccc1)Nc1cccc(S(=O)(=O)N2CCCC2)c1. The first kappa shape index (κ1) is 19.5. The molecule has 1 amide bonds. The van der Waals surface area contributed by atoms with Crippen LogP contribution in [0.4, 0.5) is 5.69 Å². The van der Waals surface area contributed by atoms with Crippen LogP contribution < -0.4 is 10.6 Å². The molecule has 0 aromatic heterocycles. The monoisotopic (exact) mass is 388 g/mol. The van der Waals surface area contributed by atoms with E-state index in [2.05, 4.69) is 17.4 Å². The molecule has 2 aromatic rings. The van der Waals surface area contributed by atoms with Crippen molar-refractivity contribution in [2.75, 3.05) is 31.5 Å². The van der Waals surface area contributed by atoms with Gasteiger partial charge in [0, 0.05) is 25.2 Å². The van der Waals surface area contributed by atoms with Crippen LogP contribution in [0, 0.1) is 0 Å². The molecule has 0 unspecified atom stereocenters. The highest BCUT2D eigenvalue weighted by Gasteiger charge is 2.27. The lowest BCUT2D eigenvalue weighted by Crippen LogP contribution is -2.86. The van der Waals surface area contributed by atoms with E-state index in [-0.39, 0.29) is 10.8 Å². The quantitative estimate of drug-likeness (QED) is 0.667. The number of nitrogens with two attached hydrogens (primary N) is 1. The van der Waals surface area contributed by atoms with Crippen LogP contribution in [-0.2, 0) is 21.2 Å². The van der Waals surface area contributed by atoms with Crippen molar-refractivity contribution in [3.63, 3.8) is 0 Å². The Morgan fingerprint density at radius 1 is 1.04 bits per heavy atom. The Balaban J connectivity index is 1.51. The van der Waals surface area contributed by atoms with Gasteiger partial charge in [-0.3, -0.25) is 4.79 Å². The van der Waals surface area contributed by atoms with E-state index in [0.29, 0.717) is 25.3 Å². The molecule has 1 fully saturated rings. The fourth-order valence-electron chi connectivity index (χ4n) is 3.17. The minimum absolute atomic E-state index is 0.140. The highest BCUT2D eigenvalue weighted by molar-refractivity contribution is 7.89. The lowest BCUT2D eigenvalue weighted by Gasteiger charge is -2.16. The van der Waals surface area contributed by atoms with Crippen molar-refractivity contribution in [3.8, 4) is 0 Å². The van der Waals surface area contributed by atoms with Gasteiger partial charge in [-0.2, -0.15) is 4.31 Å². The molecule has 3 rings (SSSR count). The molecule has 0 bridgehead atoms. The number of nitrogens with zero attached hydrogens (tertiary/aromatic N) is 1. The van der Waals surface area contributed by atoms with E-state index >= 15 is 0 Å². The first-order chi connectivity index (χ1) is 13.1. The average molecular weight is 389 g/mol. The molecule has 1 saturated heterocycles. The second kappa shape index (κ2) is 9.12. The van der Waals surface area contributed by atoms with Gasteiger partial charge in [-0.1, -0.05) is 36.4 Å². The molecule has 1 heterocycles. The summed E-state index contributed by atoms with van der Waals surface area (Å²) in [4.78, 5) is 12.4. The van der Waals surface area contributed by atoms with Gasteiger partial charge in [0.15, 0.2) is 6.54 Å². The van der Waals surface area contributed by atoms with E-state index < -0.39 is 10.0 Å². The van der Waals surface area contributed by atoms with Gasteiger partial charge in [-0.25, -0.2) is 8.42 Å². The maximum absolute atomic E-state index is 12.6. The van der Waals surface area contributed by atoms with Crippen molar-refractivity contribution in [2.45, 2.75) is 24.2 Å². The normalized spacial score (nSPS) is 15.0. The molecule has 1 aliphatic heterocycles. The Hall–Kier alpha value is -2.22. The van der Waals surface area contributed by atoms with Crippen molar-refractivity contribution in [3.05, 3.63) is 60.2 Å². The smallest absolute Gasteiger partial charge is 0.279 e. The van der Waals surface area contributed by atoms with Gasteiger partial charge in [0.05, 0.1) is 11.4 Å². The number of nitrogens with one attached hydrogen (secondary N) is 1. The third kappa shape index (κ3) is 5.38. The molecule has 6 nitrogen and oxygen atoms in total. The Kier molecular flexibility index (Phi) is 6.60. The number of rotatable bonds is 8. The highest BCUT2D eigenvalue weighted by atomic mass is 32.2. The summed E-state index contributed by atoms with van der Waals surface area (Å²) < 4.78 is 26.8. The summed E-state index contributed by atoms with van der Waals surface area (Å²) in [5.74, 6) is -0.140. The molecule has 144 valence electrons. The second-order valence-electron chi connectivity index (χ2n) is 6.70. The largest absolute Gasteiger partial charge is 0.338 e. The summed E-state index contributed by atoms with van der Waals surface area (Å²) in [6.45, 7) is 2.25. The van der Waals surface area contributed by atoms with E-state index in [9.17, 15) is 13.2 Å². The third-order valence-electron chi connectivity index (χ3n) is 4.63. The molecule has 7 heteroatoms. The summed E-state index contributed by atoms with van der Waals surface area (Å²) in [6, 6.07) is 16.6. The molecule has 27 heavy (non-hydrogen) atoms. The molecule has 0 aliphatic carbocycles. The van der Waals surface area contributed by atoms with Crippen LogP contribution in [-0.4, -0.2) is 44.8 Å². The minimum atomic E-state index is -3.47. The Morgan fingerprint density at radius 3 is 2.52 bits per heavy atom. The van der Waals surface area contributed by atoms with Gasteiger partial charge in [-0.05, 0) is 36.6 Å². The summed E-state index contributed by atoms with van der Waals surface area (Å²) in [7, 11) is -3.47. The van der Waals surface area contributed by atoms with Crippen LogP contribution in [0.5, 0.6) is 0 Å². The molecule has 0 spiro atoms. The number of anilines is 1. The Bertz CT molecular complexity index is 863. The van der Waals surface area contributed by atoms with Crippen molar-refractivity contribution >= 4 is 21.6 Å². The van der Waals surface area contributed by atoms with Gasteiger partial charge in [0.1, 0.15) is 0 Å². The highest BCUT2D eigenvalue weighted by Crippen LogP contribution is 2.22. The molecular weight excluding hydrogens is 362 g/mol. The topological polar surface area (TPSA) is 83.1 Å². The molecule has 2 aromatic carbocycles. The summed E-state index contributed by atoms with van der Waals surface area (Å²) >= 11 is 0. The van der Waals surface area contributed by atoms with E-state index in [4.69, 9.17) is 0 Å². The number of carbonyl (C=O) groups is 1. The number of benzene rings is 2. The van der Waals surface area contributed by atoms with Crippen LogP contribution in [0.3, 0.4) is 0 Å². The number of amides is 1. The average Bonchev–Trinajstić information content (AvgIpc) is 3.22. The minimum Gasteiger partial charge on any atom is -0.338 e. The molecule has 0 saturated carbocycles. The second-order valence-corrected chi connectivity index (χ2v) is 8.64. The Labute approximate surface area is 160 Å². The van der Waals surface area contributed by atoms with Gasteiger partial charge in [0.2, 0.25) is 10.0 Å². The number of hydrogen-bond donors (Lipinski definition) is 2. The molecule has 0 atom stereocenters.